The Kier molecular flexibility index (Phi) is 9.55. The summed E-state index contributed by atoms with van der Waals surface area (Å²) in [5.41, 5.74) is 4.51. The molecule has 3 aromatic carbocycles. The molecule has 0 bridgehead atoms. The standard InChI is InChI=1S/C30H35N4O5P/c1-5-38-40(37,39-6-2)25-16-17-27-26(20-25)28(30(36)33-27)29(22-10-8-7-9-11-22)32-23-12-14-24(15-13-23)34(21(3)35)19-18-31-4/h7-17,20,31-32H,5-6,18-19H2,1-4H3,(H,33,36). The largest absolute Gasteiger partial charge is 0.361 e. The number of carbonyl (C=O) groups excluding carboxylic acids is 2. The lowest BCUT2D eigenvalue weighted by molar-refractivity contribution is -0.116. The lowest BCUT2D eigenvalue weighted by Gasteiger charge is -2.22. The third kappa shape index (κ3) is 6.35. The highest BCUT2D eigenvalue weighted by Gasteiger charge is 2.33. The van der Waals surface area contributed by atoms with Gasteiger partial charge in [0.1, 0.15) is 0 Å². The van der Waals surface area contributed by atoms with Crippen LogP contribution >= 0.6 is 7.60 Å². The second-order valence-corrected chi connectivity index (χ2v) is 11.1. The molecular weight excluding hydrogens is 527 g/mol. The van der Waals surface area contributed by atoms with E-state index in [1.54, 1.807) is 43.9 Å². The van der Waals surface area contributed by atoms with E-state index >= 15 is 0 Å². The summed E-state index contributed by atoms with van der Waals surface area (Å²) in [6, 6.07) is 22.1. The molecular formula is C30H35N4O5P. The minimum atomic E-state index is -3.57. The maximum atomic E-state index is 13.5. The second kappa shape index (κ2) is 13.1. The maximum absolute atomic E-state index is 13.5. The van der Waals surface area contributed by atoms with Crippen LogP contribution in [0.3, 0.4) is 0 Å². The molecule has 9 nitrogen and oxygen atoms in total. The zero-order chi connectivity index (χ0) is 28.7. The highest BCUT2D eigenvalue weighted by atomic mass is 31.2. The Morgan fingerprint density at radius 3 is 2.25 bits per heavy atom. The van der Waals surface area contributed by atoms with Gasteiger partial charge in [0.25, 0.3) is 5.91 Å². The molecule has 40 heavy (non-hydrogen) atoms. The monoisotopic (exact) mass is 562 g/mol. The van der Waals surface area contributed by atoms with Crippen LogP contribution in [0.4, 0.5) is 17.1 Å². The lowest BCUT2D eigenvalue weighted by atomic mass is 10.00. The summed E-state index contributed by atoms with van der Waals surface area (Å²) in [5, 5.41) is 9.80. The Labute approximate surface area is 235 Å². The number of hydrogen-bond donors (Lipinski definition) is 3. The molecule has 0 spiro atoms. The van der Waals surface area contributed by atoms with Crippen molar-refractivity contribution in [3.63, 3.8) is 0 Å². The summed E-state index contributed by atoms with van der Waals surface area (Å²) in [6.45, 7) is 6.71. The van der Waals surface area contributed by atoms with Gasteiger partial charge in [0, 0.05) is 42.6 Å². The van der Waals surface area contributed by atoms with Crippen molar-refractivity contribution in [1.29, 1.82) is 0 Å². The maximum Gasteiger partial charge on any atom is 0.361 e. The average molecular weight is 563 g/mol. The number of nitrogens with zero attached hydrogens (tertiary/aromatic N) is 1. The number of carbonyl (C=O) groups is 2. The fraction of sp³-hybridized carbons (Fsp3) is 0.267. The Bertz CT molecular complexity index is 1430. The van der Waals surface area contributed by atoms with Gasteiger partial charge >= 0.3 is 7.60 Å². The highest BCUT2D eigenvalue weighted by molar-refractivity contribution is 7.62. The summed E-state index contributed by atoms with van der Waals surface area (Å²) in [6.07, 6.45) is 0. The van der Waals surface area contributed by atoms with Gasteiger partial charge in [0.05, 0.1) is 29.8 Å². The number of hydrogen-bond acceptors (Lipinski definition) is 7. The lowest BCUT2D eigenvalue weighted by Crippen LogP contribution is -2.34. The highest BCUT2D eigenvalue weighted by Crippen LogP contribution is 2.48. The summed E-state index contributed by atoms with van der Waals surface area (Å²) in [5.74, 6) is -0.331. The normalized spacial score (nSPS) is 13.9. The van der Waals surface area contributed by atoms with E-state index in [0.29, 0.717) is 40.9 Å². The van der Waals surface area contributed by atoms with E-state index in [1.807, 2.05) is 61.6 Å². The molecule has 1 aliphatic heterocycles. The van der Waals surface area contributed by atoms with Gasteiger partial charge in [-0.1, -0.05) is 30.3 Å². The second-order valence-electron chi connectivity index (χ2n) is 9.08. The summed E-state index contributed by atoms with van der Waals surface area (Å²) >= 11 is 0. The van der Waals surface area contributed by atoms with Crippen LogP contribution in [-0.2, 0) is 23.2 Å². The first-order chi connectivity index (χ1) is 19.3. The van der Waals surface area contributed by atoms with Gasteiger partial charge in [-0.3, -0.25) is 14.2 Å². The quantitative estimate of drug-likeness (QED) is 0.209. The average Bonchev–Trinajstić information content (AvgIpc) is 3.28. The smallest absolute Gasteiger partial charge is 0.354 e. The van der Waals surface area contributed by atoms with Crippen molar-refractivity contribution in [3.05, 3.63) is 83.9 Å². The van der Waals surface area contributed by atoms with Gasteiger partial charge < -0.3 is 29.9 Å². The van der Waals surface area contributed by atoms with E-state index in [-0.39, 0.29) is 25.0 Å². The predicted octanol–water partition coefficient (Wildman–Crippen LogP) is 5.08. The molecule has 0 aliphatic carbocycles. The van der Waals surface area contributed by atoms with Crippen molar-refractivity contribution in [2.24, 2.45) is 0 Å². The number of likely N-dealkylation sites (N-methyl/N-ethyl adjacent to an activating group) is 1. The number of benzene rings is 3. The van der Waals surface area contributed by atoms with Crippen LogP contribution in [0.1, 0.15) is 31.9 Å². The zero-order valence-electron chi connectivity index (χ0n) is 23.2. The minimum absolute atomic E-state index is 0.0468. The number of rotatable bonds is 12. The van der Waals surface area contributed by atoms with E-state index in [9.17, 15) is 14.2 Å². The molecule has 3 N–H and O–H groups in total. The first kappa shape index (κ1) is 29.2. The van der Waals surface area contributed by atoms with Gasteiger partial charge in [0.2, 0.25) is 5.91 Å². The first-order valence-corrected chi connectivity index (χ1v) is 14.8. The molecule has 0 radical (unpaired) electrons. The van der Waals surface area contributed by atoms with Gasteiger partial charge in [-0.05, 0) is 68.9 Å². The van der Waals surface area contributed by atoms with Gasteiger partial charge in [0.15, 0.2) is 0 Å². The number of amides is 2. The topological polar surface area (TPSA) is 109 Å². The number of nitrogens with one attached hydrogen (secondary N) is 3. The van der Waals surface area contributed by atoms with Crippen LogP contribution in [0, 0.1) is 0 Å². The van der Waals surface area contributed by atoms with E-state index in [4.69, 9.17) is 9.05 Å². The first-order valence-electron chi connectivity index (χ1n) is 13.3. The molecule has 210 valence electrons. The van der Waals surface area contributed by atoms with E-state index in [1.165, 1.54) is 0 Å². The molecule has 0 saturated carbocycles. The van der Waals surface area contributed by atoms with Crippen LogP contribution in [-0.4, -0.2) is 45.2 Å². The van der Waals surface area contributed by atoms with Crippen molar-refractivity contribution in [1.82, 2.24) is 5.32 Å². The third-order valence-corrected chi connectivity index (χ3v) is 8.50. The molecule has 1 aliphatic rings. The Hall–Kier alpha value is -3.75. The van der Waals surface area contributed by atoms with E-state index in [0.717, 1.165) is 16.9 Å². The van der Waals surface area contributed by atoms with Crippen molar-refractivity contribution in [2.75, 3.05) is 48.9 Å². The Balaban J connectivity index is 1.79. The fourth-order valence-corrected chi connectivity index (χ4v) is 6.14. The van der Waals surface area contributed by atoms with Crippen LogP contribution in [0.2, 0.25) is 0 Å². The van der Waals surface area contributed by atoms with Crippen molar-refractivity contribution in [3.8, 4) is 0 Å². The van der Waals surface area contributed by atoms with Crippen molar-refractivity contribution >= 4 is 53.0 Å². The van der Waals surface area contributed by atoms with E-state index < -0.39 is 7.60 Å². The molecule has 0 atom stereocenters. The molecule has 1 heterocycles. The Morgan fingerprint density at radius 2 is 1.65 bits per heavy atom. The third-order valence-electron chi connectivity index (χ3n) is 6.39. The fourth-order valence-electron chi connectivity index (χ4n) is 4.54. The predicted molar refractivity (Wildman–Crippen MR) is 161 cm³/mol. The van der Waals surface area contributed by atoms with Crippen LogP contribution < -0.4 is 26.2 Å². The minimum Gasteiger partial charge on any atom is -0.354 e. The summed E-state index contributed by atoms with van der Waals surface area (Å²) in [7, 11) is -1.73. The van der Waals surface area contributed by atoms with Gasteiger partial charge in [-0.15, -0.1) is 0 Å². The molecule has 0 fully saturated rings. The summed E-state index contributed by atoms with van der Waals surface area (Å²) < 4.78 is 24.6. The molecule has 0 unspecified atom stereocenters. The molecule has 0 saturated heterocycles. The SMILES string of the molecule is CCOP(=O)(OCC)c1ccc2c(c1)C(=C(Nc1ccc(N(CCNC)C(C)=O)cc1)c1ccccc1)C(=O)N2. The molecule has 2 amide bonds. The molecule has 0 aromatic heterocycles. The van der Waals surface area contributed by atoms with Crippen LogP contribution in [0.25, 0.3) is 11.3 Å². The zero-order valence-corrected chi connectivity index (χ0v) is 24.1. The van der Waals surface area contributed by atoms with Crippen molar-refractivity contribution in [2.45, 2.75) is 20.8 Å². The number of fused-ring (bicyclic) bond motifs is 1. The summed E-state index contributed by atoms with van der Waals surface area (Å²) in [4.78, 5) is 27.3. The van der Waals surface area contributed by atoms with Crippen molar-refractivity contribution < 1.29 is 23.2 Å². The Morgan fingerprint density at radius 1 is 0.975 bits per heavy atom. The van der Waals surface area contributed by atoms with Crippen LogP contribution in [0.15, 0.2) is 72.8 Å². The molecule has 10 heteroatoms. The molecule has 4 rings (SSSR count). The molecule has 3 aromatic rings. The van der Waals surface area contributed by atoms with Gasteiger partial charge in [-0.2, -0.15) is 0 Å². The number of anilines is 3. The van der Waals surface area contributed by atoms with Crippen LogP contribution in [0.5, 0.6) is 0 Å². The van der Waals surface area contributed by atoms with Gasteiger partial charge in [-0.25, -0.2) is 0 Å². The van der Waals surface area contributed by atoms with E-state index in [2.05, 4.69) is 16.0 Å².